The first-order valence-electron chi connectivity index (χ1n) is 8.88. The normalized spacial score (nSPS) is 20.0. The molecule has 0 atom stereocenters. The van der Waals surface area contributed by atoms with E-state index in [1.54, 1.807) is 13.2 Å². The monoisotopic (exact) mass is 374 g/mol. The van der Waals surface area contributed by atoms with Crippen molar-refractivity contribution in [2.45, 2.75) is 37.8 Å². The molecule has 0 aliphatic heterocycles. The minimum absolute atomic E-state index is 0.0593. The van der Waals surface area contributed by atoms with Crippen LogP contribution in [-0.2, 0) is 0 Å². The van der Waals surface area contributed by atoms with Crippen molar-refractivity contribution in [3.8, 4) is 0 Å². The van der Waals surface area contributed by atoms with Crippen molar-refractivity contribution in [1.29, 1.82) is 0 Å². The van der Waals surface area contributed by atoms with Gasteiger partial charge in [-0.15, -0.1) is 0 Å². The molecule has 27 heavy (non-hydrogen) atoms. The van der Waals surface area contributed by atoms with Crippen molar-refractivity contribution >= 4 is 28.7 Å². The Morgan fingerprint density at radius 1 is 1.15 bits per heavy atom. The summed E-state index contributed by atoms with van der Waals surface area (Å²) in [6.45, 7) is 0. The summed E-state index contributed by atoms with van der Waals surface area (Å²) in [6.07, 6.45) is 4.17. The van der Waals surface area contributed by atoms with Gasteiger partial charge in [-0.3, -0.25) is 4.57 Å². The lowest BCUT2D eigenvalue weighted by molar-refractivity contribution is 0.112. The Labute approximate surface area is 154 Å². The van der Waals surface area contributed by atoms with Gasteiger partial charge in [0, 0.05) is 19.2 Å². The molecule has 1 aromatic carbocycles. The van der Waals surface area contributed by atoms with Crippen LogP contribution in [0.1, 0.15) is 31.7 Å². The summed E-state index contributed by atoms with van der Waals surface area (Å²) >= 11 is 0. The number of imidazole rings is 1. The molecule has 2 aromatic heterocycles. The Morgan fingerprint density at radius 3 is 2.63 bits per heavy atom. The van der Waals surface area contributed by atoms with Crippen LogP contribution in [0.25, 0.3) is 11.2 Å². The lowest BCUT2D eigenvalue weighted by Crippen LogP contribution is -2.22. The molecule has 0 amide bonds. The van der Waals surface area contributed by atoms with E-state index in [2.05, 4.69) is 25.6 Å². The van der Waals surface area contributed by atoms with E-state index in [9.17, 15) is 13.9 Å². The van der Waals surface area contributed by atoms with Crippen LogP contribution >= 0.6 is 0 Å². The second kappa shape index (κ2) is 7.07. The summed E-state index contributed by atoms with van der Waals surface area (Å²) in [4.78, 5) is 13.2. The molecule has 142 valence electrons. The van der Waals surface area contributed by atoms with Crippen molar-refractivity contribution in [3.05, 3.63) is 36.0 Å². The van der Waals surface area contributed by atoms with Crippen molar-refractivity contribution in [1.82, 2.24) is 19.5 Å². The third-order valence-electron chi connectivity index (χ3n) is 4.87. The Hall–Kier alpha value is -2.81. The zero-order valence-corrected chi connectivity index (χ0v) is 14.8. The minimum Gasteiger partial charge on any atom is -0.393 e. The topological polar surface area (TPSA) is 87.9 Å². The number of benzene rings is 1. The third-order valence-corrected chi connectivity index (χ3v) is 4.87. The molecule has 0 unspecified atom stereocenters. The van der Waals surface area contributed by atoms with E-state index in [0.29, 0.717) is 35.9 Å². The summed E-state index contributed by atoms with van der Waals surface area (Å²) in [5.41, 5.74) is 1.33. The molecule has 2 heterocycles. The molecular weight excluding hydrogens is 354 g/mol. The maximum atomic E-state index is 14.1. The highest BCUT2D eigenvalue weighted by Crippen LogP contribution is 2.35. The zero-order valence-electron chi connectivity index (χ0n) is 14.8. The van der Waals surface area contributed by atoms with E-state index in [1.807, 2.05) is 4.57 Å². The number of aliphatic hydroxyl groups is 1. The molecule has 1 aliphatic rings. The zero-order chi connectivity index (χ0) is 19.0. The molecule has 0 radical (unpaired) electrons. The number of hydrogen-bond acceptors (Lipinski definition) is 6. The fourth-order valence-electron chi connectivity index (χ4n) is 3.47. The van der Waals surface area contributed by atoms with Gasteiger partial charge >= 0.3 is 0 Å². The summed E-state index contributed by atoms with van der Waals surface area (Å²) < 4.78 is 29.3. The molecule has 1 fully saturated rings. The molecule has 0 bridgehead atoms. The fourth-order valence-corrected chi connectivity index (χ4v) is 3.47. The molecule has 1 aliphatic carbocycles. The molecule has 7 nitrogen and oxygen atoms in total. The van der Waals surface area contributed by atoms with E-state index in [0.717, 1.165) is 18.9 Å². The van der Waals surface area contributed by atoms with Crippen LogP contribution in [0.15, 0.2) is 24.4 Å². The fraction of sp³-hybridized carbons (Fsp3) is 0.389. The van der Waals surface area contributed by atoms with Gasteiger partial charge in [0.05, 0.1) is 18.0 Å². The van der Waals surface area contributed by atoms with Gasteiger partial charge in [-0.2, -0.15) is 4.98 Å². The number of aliphatic hydroxyl groups excluding tert-OH is 1. The second-order valence-electron chi connectivity index (χ2n) is 6.67. The Bertz CT molecular complexity index is 968. The molecule has 3 aromatic rings. The molecule has 0 saturated heterocycles. The molecule has 9 heteroatoms. The molecule has 4 rings (SSSR count). The van der Waals surface area contributed by atoms with Crippen molar-refractivity contribution in [2.24, 2.45) is 0 Å². The summed E-state index contributed by atoms with van der Waals surface area (Å²) in [5.74, 6) is -0.467. The smallest absolute Gasteiger partial charge is 0.224 e. The quantitative estimate of drug-likeness (QED) is 0.649. The van der Waals surface area contributed by atoms with Gasteiger partial charge in [0.25, 0.3) is 0 Å². The summed E-state index contributed by atoms with van der Waals surface area (Å²) in [7, 11) is 1.73. The van der Waals surface area contributed by atoms with Crippen molar-refractivity contribution in [2.75, 3.05) is 17.7 Å². The van der Waals surface area contributed by atoms with Crippen LogP contribution in [0.5, 0.6) is 0 Å². The van der Waals surface area contributed by atoms with Gasteiger partial charge in [-0.25, -0.2) is 18.7 Å². The largest absolute Gasteiger partial charge is 0.393 e. The molecule has 1 saturated carbocycles. The standard InChI is InChI=1S/C18H20F2N6O/c1-21-17-22-9-15-16(25-17)26(11-3-5-12(27)6-4-11)18(24-15)23-14-7-2-10(19)8-13(14)20/h2,7-9,11-12,27H,3-6H2,1H3,(H,23,24)(H,21,22,25)/t11-,12+. The predicted octanol–water partition coefficient (Wildman–Crippen LogP) is 3.37. The lowest BCUT2D eigenvalue weighted by atomic mass is 9.93. The number of rotatable bonds is 4. The van der Waals surface area contributed by atoms with Gasteiger partial charge < -0.3 is 15.7 Å². The first kappa shape index (κ1) is 17.6. The third kappa shape index (κ3) is 3.42. The number of nitrogens with zero attached hydrogens (tertiary/aromatic N) is 4. The van der Waals surface area contributed by atoms with E-state index in [1.165, 1.54) is 12.1 Å². The van der Waals surface area contributed by atoms with Crippen LogP contribution in [0.2, 0.25) is 0 Å². The van der Waals surface area contributed by atoms with Crippen LogP contribution in [0.3, 0.4) is 0 Å². The average molecular weight is 374 g/mol. The first-order chi connectivity index (χ1) is 13.0. The van der Waals surface area contributed by atoms with Crippen LogP contribution in [0, 0.1) is 11.6 Å². The Kier molecular flexibility index (Phi) is 4.61. The lowest BCUT2D eigenvalue weighted by Gasteiger charge is -2.28. The summed E-state index contributed by atoms with van der Waals surface area (Å²) in [6, 6.07) is 3.41. The SMILES string of the molecule is CNc1ncc2nc(Nc3ccc(F)cc3F)n([C@H]3CC[C@@H](O)CC3)c2n1. The molecule has 0 spiro atoms. The van der Waals surface area contributed by atoms with E-state index in [-0.39, 0.29) is 17.8 Å². The van der Waals surface area contributed by atoms with Gasteiger partial charge in [0.15, 0.2) is 5.65 Å². The second-order valence-corrected chi connectivity index (χ2v) is 6.67. The average Bonchev–Trinajstić information content (AvgIpc) is 3.01. The number of anilines is 3. The minimum atomic E-state index is -0.699. The van der Waals surface area contributed by atoms with Crippen molar-refractivity contribution < 1.29 is 13.9 Å². The van der Waals surface area contributed by atoms with Crippen LogP contribution in [-0.4, -0.2) is 37.8 Å². The van der Waals surface area contributed by atoms with E-state index < -0.39 is 11.6 Å². The van der Waals surface area contributed by atoms with E-state index >= 15 is 0 Å². The van der Waals surface area contributed by atoms with Gasteiger partial charge in [-0.1, -0.05) is 0 Å². The number of hydrogen-bond donors (Lipinski definition) is 3. The molecule has 3 N–H and O–H groups in total. The highest BCUT2D eigenvalue weighted by Gasteiger charge is 2.26. The van der Waals surface area contributed by atoms with Gasteiger partial charge in [0.1, 0.15) is 17.2 Å². The summed E-state index contributed by atoms with van der Waals surface area (Å²) in [5, 5.41) is 15.7. The van der Waals surface area contributed by atoms with Crippen molar-refractivity contribution in [3.63, 3.8) is 0 Å². The van der Waals surface area contributed by atoms with Crippen LogP contribution < -0.4 is 10.6 Å². The maximum Gasteiger partial charge on any atom is 0.224 e. The maximum absolute atomic E-state index is 14.1. The highest BCUT2D eigenvalue weighted by molar-refractivity contribution is 5.76. The first-order valence-corrected chi connectivity index (χ1v) is 8.88. The van der Waals surface area contributed by atoms with Gasteiger partial charge in [-0.05, 0) is 37.8 Å². The van der Waals surface area contributed by atoms with E-state index in [4.69, 9.17) is 0 Å². The predicted molar refractivity (Wildman–Crippen MR) is 98.0 cm³/mol. The van der Waals surface area contributed by atoms with Gasteiger partial charge in [0.2, 0.25) is 11.9 Å². The number of aromatic nitrogens is 4. The number of nitrogens with one attached hydrogen (secondary N) is 2. The number of fused-ring (bicyclic) bond motifs is 1. The van der Waals surface area contributed by atoms with Crippen LogP contribution in [0.4, 0.5) is 26.4 Å². The highest BCUT2D eigenvalue weighted by atomic mass is 19.1. The number of halogens is 2. The Morgan fingerprint density at radius 2 is 1.93 bits per heavy atom. The molecular formula is C18H20F2N6O. The Balaban J connectivity index is 1.79.